The summed E-state index contributed by atoms with van der Waals surface area (Å²) in [7, 11) is 0. The fraction of sp³-hybridized carbons (Fsp3) is 0.500. The highest BCUT2D eigenvalue weighted by Crippen LogP contribution is 2.35. The van der Waals surface area contributed by atoms with Crippen LogP contribution in [0.4, 0.5) is 5.69 Å². The molecule has 1 aromatic rings. The van der Waals surface area contributed by atoms with Crippen molar-refractivity contribution in [2.45, 2.75) is 52.1 Å². The molecule has 3 heteroatoms. The topological polar surface area (TPSA) is 38.7 Å². The number of hydrogen-bond acceptors (Lipinski definition) is 3. The van der Waals surface area contributed by atoms with E-state index in [0.717, 1.165) is 17.7 Å². The highest BCUT2D eigenvalue weighted by molar-refractivity contribution is 5.87. The van der Waals surface area contributed by atoms with Gasteiger partial charge < -0.3 is 4.74 Å². The molecule has 0 saturated heterocycles. The number of nitrogens with zero attached hydrogens (tertiary/aromatic N) is 1. The van der Waals surface area contributed by atoms with Crippen molar-refractivity contribution in [3.05, 3.63) is 29.3 Å². The van der Waals surface area contributed by atoms with E-state index in [-0.39, 0.29) is 11.9 Å². The average molecular weight is 259 g/mol. The van der Waals surface area contributed by atoms with E-state index in [9.17, 15) is 4.79 Å². The van der Waals surface area contributed by atoms with Gasteiger partial charge in [-0.05, 0) is 44.4 Å². The molecule has 19 heavy (non-hydrogen) atoms. The second-order valence-corrected chi connectivity index (χ2v) is 5.88. The summed E-state index contributed by atoms with van der Waals surface area (Å²) >= 11 is 0. The molecule has 0 saturated carbocycles. The quantitative estimate of drug-likeness (QED) is 0.758. The molecule has 1 aliphatic heterocycles. The van der Waals surface area contributed by atoms with Crippen LogP contribution in [0.5, 0.6) is 0 Å². The Hall–Kier alpha value is -1.64. The van der Waals surface area contributed by atoms with Gasteiger partial charge in [-0.1, -0.05) is 19.1 Å². The van der Waals surface area contributed by atoms with Gasteiger partial charge in [0.05, 0.1) is 11.6 Å². The number of rotatable bonds is 2. The Balaban J connectivity index is 2.31. The third kappa shape index (κ3) is 3.22. The van der Waals surface area contributed by atoms with Crippen molar-refractivity contribution in [2.24, 2.45) is 4.99 Å². The largest absolute Gasteiger partial charge is 0.459 e. The molecular formula is C16H21NO2. The molecule has 1 aliphatic rings. The van der Waals surface area contributed by atoms with Crippen LogP contribution in [0.25, 0.3) is 0 Å². The molecule has 0 N–H and O–H groups in total. The van der Waals surface area contributed by atoms with Crippen LogP contribution < -0.4 is 0 Å². The molecule has 0 fully saturated rings. The molecule has 1 unspecified atom stereocenters. The minimum Gasteiger partial charge on any atom is -0.459 e. The number of ether oxygens (including phenoxy) is 1. The summed E-state index contributed by atoms with van der Waals surface area (Å²) in [5.41, 5.74) is 2.66. The molecule has 3 nitrogen and oxygen atoms in total. The lowest BCUT2D eigenvalue weighted by molar-refractivity contribution is -0.156. The second kappa shape index (κ2) is 5.16. The van der Waals surface area contributed by atoms with Gasteiger partial charge in [0, 0.05) is 12.6 Å². The van der Waals surface area contributed by atoms with E-state index in [1.54, 1.807) is 0 Å². The van der Waals surface area contributed by atoms with Crippen LogP contribution in [0.1, 0.15) is 51.2 Å². The Morgan fingerprint density at radius 1 is 1.42 bits per heavy atom. The maximum absolute atomic E-state index is 12.3. The third-order valence-electron chi connectivity index (χ3n) is 3.14. The lowest BCUT2D eigenvalue weighted by atomic mass is 9.90. The van der Waals surface area contributed by atoms with E-state index in [0.29, 0.717) is 6.42 Å². The minimum atomic E-state index is -0.450. The van der Waals surface area contributed by atoms with Crippen LogP contribution in [0.3, 0.4) is 0 Å². The maximum atomic E-state index is 12.3. The molecule has 1 aromatic carbocycles. The molecule has 0 aliphatic carbocycles. The molecular weight excluding hydrogens is 238 g/mol. The van der Waals surface area contributed by atoms with Crippen molar-refractivity contribution in [1.82, 2.24) is 0 Å². The van der Waals surface area contributed by atoms with Crippen LogP contribution in [-0.2, 0) is 16.0 Å². The SMILES string of the molecule is CCc1ccc2c(c1)C(C(=O)OC(C)(C)C)CC=N2. The zero-order valence-corrected chi connectivity index (χ0v) is 12.1. The molecule has 2 rings (SSSR count). The predicted octanol–water partition coefficient (Wildman–Crippen LogP) is 3.78. The Labute approximate surface area is 114 Å². The van der Waals surface area contributed by atoms with E-state index in [1.807, 2.05) is 33.1 Å². The highest BCUT2D eigenvalue weighted by Gasteiger charge is 2.29. The van der Waals surface area contributed by atoms with Crippen LogP contribution in [0, 0.1) is 0 Å². The first-order valence-electron chi connectivity index (χ1n) is 6.79. The monoisotopic (exact) mass is 259 g/mol. The smallest absolute Gasteiger partial charge is 0.314 e. The van der Waals surface area contributed by atoms with Gasteiger partial charge in [-0.25, -0.2) is 0 Å². The minimum absolute atomic E-state index is 0.159. The first-order valence-corrected chi connectivity index (χ1v) is 6.79. The number of benzene rings is 1. The first kappa shape index (κ1) is 13.8. The molecule has 1 heterocycles. The number of aryl methyl sites for hydroxylation is 1. The molecule has 102 valence electrons. The lowest BCUT2D eigenvalue weighted by Gasteiger charge is -2.26. The van der Waals surface area contributed by atoms with Crippen LogP contribution in [0.2, 0.25) is 0 Å². The third-order valence-corrected chi connectivity index (χ3v) is 3.14. The number of carbonyl (C=O) groups is 1. The highest BCUT2D eigenvalue weighted by atomic mass is 16.6. The van der Waals surface area contributed by atoms with E-state index in [4.69, 9.17) is 4.74 Å². The number of hydrogen-bond donors (Lipinski definition) is 0. The van der Waals surface area contributed by atoms with Crippen molar-refractivity contribution in [3.8, 4) is 0 Å². The Bertz CT molecular complexity index is 512. The summed E-state index contributed by atoms with van der Waals surface area (Å²) in [6, 6.07) is 6.13. The molecule has 0 aromatic heterocycles. The first-order chi connectivity index (χ1) is 8.90. The summed E-state index contributed by atoms with van der Waals surface area (Å²) in [5, 5.41) is 0. The summed E-state index contributed by atoms with van der Waals surface area (Å²) < 4.78 is 5.51. The summed E-state index contributed by atoms with van der Waals surface area (Å²) in [4.78, 5) is 16.7. The predicted molar refractivity (Wildman–Crippen MR) is 77.2 cm³/mol. The molecule has 0 amide bonds. The zero-order chi connectivity index (χ0) is 14.0. The van der Waals surface area contributed by atoms with Gasteiger partial charge in [0.15, 0.2) is 0 Å². The molecule has 1 atom stereocenters. The van der Waals surface area contributed by atoms with Crippen molar-refractivity contribution < 1.29 is 9.53 Å². The van der Waals surface area contributed by atoms with Gasteiger partial charge in [0.1, 0.15) is 5.60 Å². The van der Waals surface area contributed by atoms with E-state index < -0.39 is 5.60 Å². The lowest BCUT2D eigenvalue weighted by Crippen LogP contribution is -2.28. The summed E-state index contributed by atoms with van der Waals surface area (Å²) in [5.74, 6) is -0.383. The summed E-state index contributed by atoms with van der Waals surface area (Å²) in [6.07, 6.45) is 3.38. The van der Waals surface area contributed by atoms with Gasteiger partial charge in [-0.2, -0.15) is 0 Å². The van der Waals surface area contributed by atoms with E-state index in [1.165, 1.54) is 5.56 Å². The van der Waals surface area contributed by atoms with Gasteiger partial charge >= 0.3 is 5.97 Å². The maximum Gasteiger partial charge on any atom is 0.314 e. The van der Waals surface area contributed by atoms with Crippen LogP contribution >= 0.6 is 0 Å². The van der Waals surface area contributed by atoms with E-state index >= 15 is 0 Å². The zero-order valence-electron chi connectivity index (χ0n) is 12.1. The van der Waals surface area contributed by atoms with Crippen molar-refractivity contribution >= 4 is 17.9 Å². The van der Waals surface area contributed by atoms with Gasteiger partial charge in [0.2, 0.25) is 0 Å². The number of esters is 1. The van der Waals surface area contributed by atoms with Gasteiger partial charge in [-0.3, -0.25) is 9.79 Å². The van der Waals surface area contributed by atoms with Crippen molar-refractivity contribution in [3.63, 3.8) is 0 Å². The Kier molecular flexibility index (Phi) is 3.74. The fourth-order valence-electron chi connectivity index (χ4n) is 2.20. The van der Waals surface area contributed by atoms with Crippen molar-refractivity contribution in [1.29, 1.82) is 0 Å². The van der Waals surface area contributed by atoms with Crippen molar-refractivity contribution in [2.75, 3.05) is 0 Å². The Morgan fingerprint density at radius 3 is 2.79 bits per heavy atom. The number of carbonyl (C=O) groups excluding carboxylic acids is 1. The number of fused-ring (bicyclic) bond motifs is 1. The Morgan fingerprint density at radius 2 is 2.16 bits per heavy atom. The standard InChI is InChI=1S/C16H21NO2/c1-5-11-6-7-14-13(10-11)12(8-9-17-14)15(18)19-16(2,3)4/h6-7,9-10,12H,5,8H2,1-4H3. The van der Waals surface area contributed by atoms with Gasteiger partial charge in [-0.15, -0.1) is 0 Å². The fourth-order valence-corrected chi connectivity index (χ4v) is 2.20. The molecule has 0 spiro atoms. The van der Waals surface area contributed by atoms with Crippen LogP contribution in [0.15, 0.2) is 23.2 Å². The molecule has 0 bridgehead atoms. The average Bonchev–Trinajstić information content (AvgIpc) is 2.35. The summed E-state index contributed by atoms with van der Waals surface area (Å²) in [6.45, 7) is 7.79. The number of aliphatic imine (C=N–C) groups is 1. The van der Waals surface area contributed by atoms with E-state index in [2.05, 4.69) is 24.0 Å². The second-order valence-electron chi connectivity index (χ2n) is 5.88. The molecule has 0 radical (unpaired) electrons. The van der Waals surface area contributed by atoms with Gasteiger partial charge in [0.25, 0.3) is 0 Å². The normalized spacial score (nSPS) is 18.0. The van der Waals surface area contributed by atoms with Crippen LogP contribution in [-0.4, -0.2) is 17.8 Å².